The molecule has 3 nitrogen and oxygen atoms in total. The first-order valence-electron chi connectivity index (χ1n) is 11.3. The summed E-state index contributed by atoms with van der Waals surface area (Å²) in [4.78, 5) is 3.25. The first-order valence-corrected chi connectivity index (χ1v) is 11.3. The van der Waals surface area contributed by atoms with Gasteiger partial charge in [0.1, 0.15) is 6.10 Å². The van der Waals surface area contributed by atoms with Crippen molar-refractivity contribution in [2.75, 3.05) is 0 Å². The van der Waals surface area contributed by atoms with E-state index in [1.807, 2.05) is 6.20 Å². The third kappa shape index (κ3) is 2.35. The molecule has 28 heavy (non-hydrogen) atoms. The zero-order valence-corrected chi connectivity index (χ0v) is 17.5. The van der Waals surface area contributed by atoms with Crippen molar-refractivity contribution in [1.82, 2.24) is 4.98 Å². The van der Waals surface area contributed by atoms with E-state index in [0.29, 0.717) is 23.7 Å². The molecule has 0 bridgehead atoms. The van der Waals surface area contributed by atoms with Crippen LogP contribution in [0.2, 0.25) is 0 Å². The van der Waals surface area contributed by atoms with Crippen LogP contribution in [0.3, 0.4) is 0 Å². The molecule has 4 aliphatic carbocycles. The van der Waals surface area contributed by atoms with Crippen molar-refractivity contribution in [3.63, 3.8) is 0 Å². The number of nitrogens with one attached hydrogen (secondary N) is 1. The van der Waals surface area contributed by atoms with Crippen molar-refractivity contribution in [1.29, 1.82) is 0 Å². The lowest BCUT2D eigenvalue weighted by molar-refractivity contribution is -0.0769. The van der Waals surface area contributed by atoms with E-state index >= 15 is 0 Å². The van der Waals surface area contributed by atoms with E-state index in [0.717, 1.165) is 24.8 Å². The van der Waals surface area contributed by atoms with Crippen LogP contribution in [0.15, 0.2) is 36.2 Å². The fraction of sp³-hybridized carbons (Fsp3) is 0.680. The molecule has 0 aromatic carbocycles. The first-order chi connectivity index (χ1) is 13.4. The number of aliphatic hydroxyl groups excluding tert-OH is 2. The maximum atomic E-state index is 10.8. The molecular weight excluding hydrogens is 346 g/mol. The van der Waals surface area contributed by atoms with Crippen LogP contribution in [0, 0.1) is 34.5 Å². The molecule has 4 aliphatic rings. The summed E-state index contributed by atoms with van der Waals surface area (Å²) < 4.78 is 0. The van der Waals surface area contributed by atoms with Crippen LogP contribution in [-0.4, -0.2) is 27.4 Å². The van der Waals surface area contributed by atoms with Gasteiger partial charge < -0.3 is 15.2 Å². The molecular formula is C25H35NO2. The second-order valence-electron chi connectivity index (χ2n) is 10.4. The summed E-state index contributed by atoms with van der Waals surface area (Å²) in [6.45, 7) is 7.19. The van der Waals surface area contributed by atoms with E-state index < -0.39 is 12.2 Å². The number of hydrogen-bond donors (Lipinski definition) is 3. The number of rotatable bonds is 2. The van der Waals surface area contributed by atoms with Crippen LogP contribution in [0.25, 0.3) is 5.57 Å². The number of allylic oxidation sites excluding steroid dienone is 3. The Hall–Kier alpha value is -1.32. The second-order valence-corrected chi connectivity index (χ2v) is 10.4. The van der Waals surface area contributed by atoms with Gasteiger partial charge in [0.05, 0.1) is 6.10 Å². The van der Waals surface area contributed by atoms with Crippen molar-refractivity contribution >= 4 is 5.57 Å². The van der Waals surface area contributed by atoms with Gasteiger partial charge in [-0.3, -0.25) is 0 Å². The Kier molecular flexibility index (Phi) is 4.23. The third-order valence-electron chi connectivity index (χ3n) is 9.30. The van der Waals surface area contributed by atoms with Gasteiger partial charge >= 0.3 is 0 Å². The topological polar surface area (TPSA) is 56.2 Å². The standard InChI is InChI=1S/C25H35NO2/c1-4-15-13-20-23(28)21(27)8-11-25(20,3)19-7-10-24(2)17(16-9-12-26-14-16)5-6-18(24)22(15)19/h5,9,12-15,18-19,21-23,26-28H,4,6-8,10-11H2,1-3H3/t15?,18-,19+,21?,22-,23?,24+,25+/m0/s1. The van der Waals surface area contributed by atoms with Crippen LogP contribution < -0.4 is 0 Å². The van der Waals surface area contributed by atoms with E-state index in [2.05, 4.69) is 50.2 Å². The van der Waals surface area contributed by atoms with Crippen molar-refractivity contribution in [2.24, 2.45) is 34.5 Å². The van der Waals surface area contributed by atoms with Gasteiger partial charge in [0.15, 0.2) is 0 Å². The van der Waals surface area contributed by atoms with Gasteiger partial charge in [-0.05, 0) is 95.8 Å². The first kappa shape index (κ1) is 18.7. The van der Waals surface area contributed by atoms with Crippen LogP contribution in [0.5, 0.6) is 0 Å². The quantitative estimate of drug-likeness (QED) is 0.636. The fourth-order valence-electron chi connectivity index (χ4n) is 7.76. The SMILES string of the molecule is CCC1C=C2C(O)C(O)CC[C@]2(C)[C@@H]2CC[C@]3(C)C(c4cc[nH]c4)=CC[C@H]3[C@H]12. The lowest BCUT2D eigenvalue weighted by atomic mass is 9.44. The van der Waals surface area contributed by atoms with Gasteiger partial charge in [-0.25, -0.2) is 0 Å². The number of aliphatic hydroxyl groups is 2. The van der Waals surface area contributed by atoms with E-state index in [1.54, 1.807) is 5.57 Å². The minimum atomic E-state index is -0.667. The Labute approximate surface area is 168 Å². The summed E-state index contributed by atoms with van der Waals surface area (Å²) in [6.07, 6.45) is 14.4. The summed E-state index contributed by atoms with van der Waals surface area (Å²) >= 11 is 0. The summed E-state index contributed by atoms with van der Waals surface area (Å²) in [5, 5.41) is 21.1. The molecule has 152 valence electrons. The number of aromatic nitrogens is 1. The molecule has 2 saturated carbocycles. The zero-order chi connectivity index (χ0) is 19.7. The Morgan fingerprint density at radius 1 is 1.11 bits per heavy atom. The summed E-state index contributed by atoms with van der Waals surface area (Å²) in [7, 11) is 0. The Morgan fingerprint density at radius 2 is 1.89 bits per heavy atom. The fourth-order valence-corrected chi connectivity index (χ4v) is 7.76. The lowest BCUT2D eigenvalue weighted by Gasteiger charge is -2.60. The molecule has 5 rings (SSSR count). The molecule has 0 aliphatic heterocycles. The lowest BCUT2D eigenvalue weighted by Crippen LogP contribution is -2.55. The molecule has 3 unspecified atom stereocenters. The van der Waals surface area contributed by atoms with Crippen LogP contribution >= 0.6 is 0 Å². The predicted octanol–water partition coefficient (Wildman–Crippen LogP) is 4.94. The highest BCUT2D eigenvalue weighted by molar-refractivity contribution is 5.72. The van der Waals surface area contributed by atoms with Gasteiger partial charge in [-0.1, -0.05) is 32.9 Å². The molecule has 3 heteroatoms. The second kappa shape index (κ2) is 6.34. The molecule has 0 spiro atoms. The number of hydrogen-bond acceptors (Lipinski definition) is 2. The molecule has 8 atom stereocenters. The van der Waals surface area contributed by atoms with Gasteiger partial charge in [-0.2, -0.15) is 0 Å². The minimum Gasteiger partial charge on any atom is -0.390 e. The highest BCUT2D eigenvalue weighted by Gasteiger charge is 2.60. The molecule has 0 radical (unpaired) electrons. The smallest absolute Gasteiger partial charge is 0.101 e. The summed E-state index contributed by atoms with van der Waals surface area (Å²) in [5.74, 6) is 2.49. The highest BCUT2D eigenvalue weighted by atomic mass is 16.3. The summed E-state index contributed by atoms with van der Waals surface area (Å²) in [6, 6.07) is 2.22. The van der Waals surface area contributed by atoms with Crippen LogP contribution in [0.1, 0.15) is 64.9 Å². The highest BCUT2D eigenvalue weighted by Crippen LogP contribution is 2.67. The minimum absolute atomic E-state index is 0.0488. The molecule has 1 heterocycles. The molecule has 0 saturated heterocycles. The van der Waals surface area contributed by atoms with Crippen LogP contribution in [0.4, 0.5) is 0 Å². The van der Waals surface area contributed by atoms with Gasteiger partial charge in [0.2, 0.25) is 0 Å². The average molecular weight is 382 g/mol. The molecule has 3 N–H and O–H groups in total. The maximum Gasteiger partial charge on any atom is 0.101 e. The summed E-state index contributed by atoms with van der Waals surface area (Å²) in [5.41, 5.74) is 4.37. The number of H-pyrrole nitrogens is 1. The maximum absolute atomic E-state index is 10.8. The Balaban J connectivity index is 1.55. The van der Waals surface area contributed by atoms with Crippen LogP contribution in [-0.2, 0) is 0 Å². The molecule has 2 fully saturated rings. The van der Waals surface area contributed by atoms with Gasteiger partial charge in [0, 0.05) is 12.4 Å². The van der Waals surface area contributed by atoms with E-state index in [1.165, 1.54) is 24.8 Å². The van der Waals surface area contributed by atoms with Gasteiger partial charge in [0.25, 0.3) is 0 Å². The number of aromatic amines is 1. The van der Waals surface area contributed by atoms with Crippen molar-refractivity contribution in [2.45, 2.75) is 71.5 Å². The van der Waals surface area contributed by atoms with E-state index in [4.69, 9.17) is 0 Å². The predicted molar refractivity (Wildman–Crippen MR) is 112 cm³/mol. The zero-order valence-electron chi connectivity index (χ0n) is 17.5. The molecule has 0 amide bonds. The van der Waals surface area contributed by atoms with Crippen molar-refractivity contribution in [3.05, 3.63) is 41.7 Å². The average Bonchev–Trinajstić information content (AvgIpc) is 3.32. The number of fused-ring (bicyclic) bond motifs is 5. The van der Waals surface area contributed by atoms with Crippen molar-refractivity contribution in [3.8, 4) is 0 Å². The Bertz CT molecular complexity index is 809. The third-order valence-corrected chi connectivity index (χ3v) is 9.30. The Morgan fingerprint density at radius 3 is 2.61 bits per heavy atom. The van der Waals surface area contributed by atoms with E-state index in [9.17, 15) is 10.2 Å². The largest absolute Gasteiger partial charge is 0.390 e. The van der Waals surface area contributed by atoms with Gasteiger partial charge in [-0.15, -0.1) is 0 Å². The molecule has 1 aromatic heterocycles. The van der Waals surface area contributed by atoms with Crippen molar-refractivity contribution < 1.29 is 10.2 Å². The normalized spacial score (nSPS) is 47.6. The molecule has 1 aromatic rings. The monoisotopic (exact) mass is 381 g/mol. The van der Waals surface area contributed by atoms with E-state index in [-0.39, 0.29) is 10.8 Å².